The lowest BCUT2D eigenvalue weighted by Gasteiger charge is -2.38. The molecule has 0 N–H and O–H groups in total. The van der Waals surface area contributed by atoms with Gasteiger partial charge in [0.05, 0.1) is 12.2 Å². The molecule has 0 bridgehead atoms. The standard InChI is InChI=1S/C13H15Br2NO2/c1-13(2)8-16(3-4-18-13)12(17)9-5-10(14)7-11(15)6-9/h5-7H,3-4,8H2,1-2H3. The minimum Gasteiger partial charge on any atom is -0.372 e. The van der Waals surface area contributed by atoms with Crippen molar-refractivity contribution >= 4 is 37.8 Å². The molecule has 98 valence electrons. The topological polar surface area (TPSA) is 29.5 Å². The van der Waals surface area contributed by atoms with Crippen molar-refractivity contribution in [3.05, 3.63) is 32.7 Å². The lowest BCUT2D eigenvalue weighted by Crippen LogP contribution is -2.50. The molecule has 1 amide bonds. The minimum absolute atomic E-state index is 0.0494. The third-order valence-corrected chi connectivity index (χ3v) is 3.74. The molecule has 1 aromatic rings. The van der Waals surface area contributed by atoms with E-state index in [1.165, 1.54) is 0 Å². The van der Waals surface area contributed by atoms with Gasteiger partial charge in [-0.3, -0.25) is 4.79 Å². The Bertz CT molecular complexity index is 454. The molecular weight excluding hydrogens is 362 g/mol. The first-order chi connectivity index (χ1) is 8.37. The van der Waals surface area contributed by atoms with Gasteiger partial charge in [0.25, 0.3) is 5.91 Å². The van der Waals surface area contributed by atoms with Crippen molar-refractivity contribution in [2.24, 2.45) is 0 Å². The van der Waals surface area contributed by atoms with Crippen molar-refractivity contribution in [1.29, 1.82) is 0 Å². The number of carbonyl (C=O) groups is 1. The summed E-state index contributed by atoms with van der Waals surface area (Å²) in [6, 6.07) is 5.60. The molecular formula is C13H15Br2NO2. The third-order valence-electron chi connectivity index (χ3n) is 2.82. The molecule has 0 radical (unpaired) electrons. The summed E-state index contributed by atoms with van der Waals surface area (Å²) in [4.78, 5) is 14.3. The summed E-state index contributed by atoms with van der Waals surface area (Å²) in [6.45, 7) is 5.86. The Morgan fingerprint density at radius 3 is 2.44 bits per heavy atom. The minimum atomic E-state index is -0.267. The fraction of sp³-hybridized carbons (Fsp3) is 0.462. The number of hydrogen-bond donors (Lipinski definition) is 0. The summed E-state index contributed by atoms with van der Waals surface area (Å²) >= 11 is 6.80. The Labute approximate surface area is 124 Å². The molecule has 1 heterocycles. The molecule has 0 unspecified atom stereocenters. The molecule has 1 saturated heterocycles. The molecule has 0 saturated carbocycles. The number of benzene rings is 1. The number of carbonyl (C=O) groups excluding carboxylic acids is 1. The molecule has 1 aliphatic heterocycles. The van der Waals surface area contributed by atoms with Gasteiger partial charge in [0.1, 0.15) is 0 Å². The van der Waals surface area contributed by atoms with E-state index >= 15 is 0 Å². The van der Waals surface area contributed by atoms with Gasteiger partial charge in [-0.2, -0.15) is 0 Å². The van der Waals surface area contributed by atoms with E-state index < -0.39 is 0 Å². The second kappa shape index (κ2) is 5.31. The van der Waals surface area contributed by atoms with E-state index in [4.69, 9.17) is 4.74 Å². The van der Waals surface area contributed by atoms with Crippen LogP contribution in [0.2, 0.25) is 0 Å². The van der Waals surface area contributed by atoms with Crippen molar-refractivity contribution in [2.75, 3.05) is 19.7 Å². The largest absolute Gasteiger partial charge is 0.372 e. The van der Waals surface area contributed by atoms with Crippen molar-refractivity contribution in [3.63, 3.8) is 0 Å². The van der Waals surface area contributed by atoms with Crippen molar-refractivity contribution in [1.82, 2.24) is 4.90 Å². The Hall–Kier alpha value is -0.390. The zero-order valence-corrected chi connectivity index (χ0v) is 13.5. The van der Waals surface area contributed by atoms with Crippen molar-refractivity contribution < 1.29 is 9.53 Å². The van der Waals surface area contributed by atoms with Crippen LogP contribution < -0.4 is 0 Å². The zero-order valence-electron chi connectivity index (χ0n) is 10.4. The van der Waals surface area contributed by atoms with Gasteiger partial charge in [-0.15, -0.1) is 0 Å². The van der Waals surface area contributed by atoms with E-state index in [0.29, 0.717) is 25.3 Å². The van der Waals surface area contributed by atoms with Gasteiger partial charge >= 0.3 is 0 Å². The fourth-order valence-electron chi connectivity index (χ4n) is 2.05. The van der Waals surface area contributed by atoms with Gasteiger partial charge in [-0.05, 0) is 32.0 Å². The number of rotatable bonds is 1. The first-order valence-electron chi connectivity index (χ1n) is 5.77. The SMILES string of the molecule is CC1(C)CN(C(=O)c2cc(Br)cc(Br)c2)CCO1. The van der Waals surface area contributed by atoms with Crippen LogP contribution in [0.15, 0.2) is 27.1 Å². The molecule has 0 aliphatic carbocycles. The molecule has 0 spiro atoms. The highest BCUT2D eigenvalue weighted by molar-refractivity contribution is 9.11. The normalized spacial score (nSPS) is 18.8. The van der Waals surface area contributed by atoms with Crippen LogP contribution in [0, 0.1) is 0 Å². The molecule has 1 fully saturated rings. The Morgan fingerprint density at radius 1 is 1.28 bits per heavy atom. The second-order valence-electron chi connectivity index (χ2n) is 4.99. The fourth-order valence-corrected chi connectivity index (χ4v) is 3.34. The second-order valence-corrected chi connectivity index (χ2v) is 6.82. The molecule has 0 atom stereocenters. The maximum absolute atomic E-state index is 12.4. The van der Waals surface area contributed by atoms with Crippen LogP contribution in [-0.4, -0.2) is 36.1 Å². The lowest BCUT2D eigenvalue weighted by molar-refractivity contribution is -0.0764. The van der Waals surface area contributed by atoms with Gasteiger partial charge in [0, 0.05) is 27.6 Å². The smallest absolute Gasteiger partial charge is 0.254 e. The Kier molecular flexibility index (Phi) is 4.14. The van der Waals surface area contributed by atoms with Crippen LogP contribution in [-0.2, 0) is 4.74 Å². The van der Waals surface area contributed by atoms with Gasteiger partial charge in [0.15, 0.2) is 0 Å². The number of ether oxygens (including phenoxy) is 1. The number of hydrogen-bond acceptors (Lipinski definition) is 2. The first-order valence-corrected chi connectivity index (χ1v) is 7.35. The monoisotopic (exact) mass is 375 g/mol. The quantitative estimate of drug-likeness (QED) is 0.751. The van der Waals surface area contributed by atoms with E-state index in [9.17, 15) is 4.79 Å². The number of nitrogens with zero attached hydrogens (tertiary/aromatic N) is 1. The van der Waals surface area contributed by atoms with Crippen LogP contribution in [0.3, 0.4) is 0 Å². The van der Waals surface area contributed by atoms with Gasteiger partial charge in [-0.25, -0.2) is 0 Å². The Morgan fingerprint density at radius 2 is 1.89 bits per heavy atom. The molecule has 1 aromatic carbocycles. The van der Waals surface area contributed by atoms with Crippen molar-refractivity contribution in [2.45, 2.75) is 19.4 Å². The highest BCUT2D eigenvalue weighted by Gasteiger charge is 2.30. The van der Waals surface area contributed by atoms with Gasteiger partial charge < -0.3 is 9.64 Å². The molecule has 0 aromatic heterocycles. The summed E-state index contributed by atoms with van der Waals surface area (Å²) in [7, 11) is 0. The van der Waals surface area contributed by atoms with Crippen LogP contribution in [0.1, 0.15) is 24.2 Å². The van der Waals surface area contributed by atoms with Crippen LogP contribution in [0.25, 0.3) is 0 Å². The summed E-state index contributed by atoms with van der Waals surface area (Å²) in [5.74, 6) is 0.0494. The predicted molar refractivity (Wildman–Crippen MR) is 77.8 cm³/mol. The average Bonchev–Trinajstić information content (AvgIpc) is 2.25. The van der Waals surface area contributed by atoms with Crippen molar-refractivity contribution in [3.8, 4) is 0 Å². The molecule has 5 heteroatoms. The van der Waals surface area contributed by atoms with Gasteiger partial charge in [0.2, 0.25) is 0 Å². The Balaban J connectivity index is 2.20. The summed E-state index contributed by atoms with van der Waals surface area (Å²) < 4.78 is 7.41. The summed E-state index contributed by atoms with van der Waals surface area (Å²) in [5.41, 5.74) is 0.422. The van der Waals surface area contributed by atoms with E-state index in [-0.39, 0.29) is 11.5 Å². The van der Waals surface area contributed by atoms with E-state index in [1.807, 2.05) is 36.9 Å². The summed E-state index contributed by atoms with van der Waals surface area (Å²) in [5, 5.41) is 0. The molecule has 18 heavy (non-hydrogen) atoms. The van der Waals surface area contributed by atoms with Gasteiger partial charge in [-0.1, -0.05) is 31.9 Å². The highest BCUT2D eigenvalue weighted by atomic mass is 79.9. The lowest BCUT2D eigenvalue weighted by atomic mass is 10.1. The number of amides is 1. The predicted octanol–water partition coefficient (Wildman–Crippen LogP) is 3.46. The van der Waals surface area contributed by atoms with E-state index in [1.54, 1.807) is 0 Å². The summed E-state index contributed by atoms with van der Waals surface area (Å²) in [6.07, 6.45) is 0. The number of halogens is 2. The zero-order chi connectivity index (χ0) is 13.3. The number of morpholine rings is 1. The molecule has 2 rings (SSSR count). The average molecular weight is 377 g/mol. The highest BCUT2D eigenvalue weighted by Crippen LogP contribution is 2.23. The van der Waals surface area contributed by atoms with Crippen LogP contribution >= 0.6 is 31.9 Å². The third kappa shape index (κ3) is 3.33. The van der Waals surface area contributed by atoms with Crippen LogP contribution in [0.5, 0.6) is 0 Å². The maximum Gasteiger partial charge on any atom is 0.254 e. The van der Waals surface area contributed by atoms with E-state index in [2.05, 4.69) is 31.9 Å². The first kappa shape index (κ1) is 14.0. The van der Waals surface area contributed by atoms with Crippen LogP contribution in [0.4, 0.5) is 0 Å². The molecule has 3 nitrogen and oxygen atoms in total. The molecule has 1 aliphatic rings. The maximum atomic E-state index is 12.4. The van der Waals surface area contributed by atoms with E-state index in [0.717, 1.165) is 8.95 Å².